The van der Waals surface area contributed by atoms with Gasteiger partial charge in [-0.2, -0.15) is 0 Å². The summed E-state index contributed by atoms with van der Waals surface area (Å²) < 4.78 is 18.5. The van der Waals surface area contributed by atoms with Gasteiger partial charge in [-0.1, -0.05) is 58.8 Å². The molecule has 3 aliphatic carbocycles. The molecule has 8 heteroatoms. The number of esters is 2. The molecule has 0 spiro atoms. The summed E-state index contributed by atoms with van der Waals surface area (Å²) in [5.41, 5.74) is -2.63. The Hall–Kier alpha value is -2.03. The van der Waals surface area contributed by atoms with Crippen LogP contribution in [0.15, 0.2) is 28.7 Å². The summed E-state index contributed by atoms with van der Waals surface area (Å²) in [6, 6.07) is 3.47. The third kappa shape index (κ3) is 3.42. The van der Waals surface area contributed by atoms with Crippen LogP contribution >= 0.6 is 11.3 Å². The van der Waals surface area contributed by atoms with Gasteiger partial charge in [0.25, 0.3) is 0 Å². The number of hydrogen-bond donors (Lipinski definition) is 1. The van der Waals surface area contributed by atoms with Crippen molar-refractivity contribution in [2.24, 2.45) is 34.5 Å². The van der Waals surface area contributed by atoms with Gasteiger partial charge in [-0.15, -0.1) is 11.3 Å². The summed E-state index contributed by atoms with van der Waals surface area (Å²) in [4.78, 5) is 41.3. The van der Waals surface area contributed by atoms with Crippen molar-refractivity contribution >= 4 is 29.1 Å². The zero-order chi connectivity index (χ0) is 28.0. The number of fused-ring (bicyclic) bond motifs is 5. The SMILES string of the molecule is CC(=O)O[C@@]12CO[C@@H]1C[C@H](C)[C@@]1(C)C(=O)[C@H](C)C3=C(C)[C@@H](C)C[C@@](O)([C@@H](OC(=O)c4cccs4)[C@H]21)C3(C)C. The van der Waals surface area contributed by atoms with Crippen molar-refractivity contribution in [1.29, 1.82) is 0 Å². The van der Waals surface area contributed by atoms with Crippen molar-refractivity contribution in [3.05, 3.63) is 33.5 Å². The minimum Gasteiger partial charge on any atom is -0.455 e. The lowest BCUT2D eigenvalue weighted by Crippen LogP contribution is -2.80. The van der Waals surface area contributed by atoms with Crippen molar-refractivity contribution in [2.75, 3.05) is 6.61 Å². The fourth-order valence-electron chi connectivity index (χ4n) is 8.52. The molecule has 7 nitrogen and oxygen atoms in total. The Morgan fingerprint density at radius 1 is 1.18 bits per heavy atom. The van der Waals surface area contributed by atoms with Gasteiger partial charge in [-0.25, -0.2) is 4.79 Å². The Labute approximate surface area is 228 Å². The number of ether oxygens (including phenoxy) is 3. The molecule has 0 aromatic carbocycles. The average Bonchev–Trinajstić information content (AvgIpc) is 3.37. The highest BCUT2D eigenvalue weighted by Gasteiger charge is 2.76. The molecular weight excluding hydrogens is 504 g/mol. The van der Waals surface area contributed by atoms with E-state index < -0.39 is 58.0 Å². The molecule has 38 heavy (non-hydrogen) atoms. The number of carbonyl (C=O) groups excluding carboxylic acids is 3. The summed E-state index contributed by atoms with van der Waals surface area (Å²) >= 11 is 1.26. The first-order valence-electron chi connectivity index (χ1n) is 13.7. The van der Waals surface area contributed by atoms with E-state index in [9.17, 15) is 19.5 Å². The third-order valence-corrected chi connectivity index (χ3v) is 11.6. The van der Waals surface area contributed by atoms with Crippen LogP contribution in [-0.2, 0) is 23.8 Å². The van der Waals surface area contributed by atoms with Gasteiger partial charge in [0.15, 0.2) is 5.60 Å². The molecule has 0 amide bonds. The number of ketones is 1. The lowest BCUT2D eigenvalue weighted by Gasteiger charge is -2.68. The molecule has 1 saturated heterocycles. The Morgan fingerprint density at radius 3 is 2.42 bits per heavy atom. The average molecular weight is 545 g/mol. The highest BCUT2D eigenvalue weighted by atomic mass is 32.1. The molecule has 9 atom stereocenters. The van der Waals surface area contributed by atoms with Gasteiger partial charge >= 0.3 is 11.9 Å². The van der Waals surface area contributed by atoms with Gasteiger partial charge in [0.05, 0.1) is 12.5 Å². The van der Waals surface area contributed by atoms with E-state index in [4.69, 9.17) is 14.2 Å². The number of hydrogen-bond acceptors (Lipinski definition) is 8. The molecule has 0 unspecified atom stereocenters. The van der Waals surface area contributed by atoms with Crippen LogP contribution in [0, 0.1) is 34.5 Å². The monoisotopic (exact) mass is 544 g/mol. The van der Waals surface area contributed by atoms with E-state index in [1.807, 2.05) is 41.5 Å². The van der Waals surface area contributed by atoms with E-state index in [-0.39, 0.29) is 24.2 Å². The van der Waals surface area contributed by atoms with Gasteiger partial charge in [0.1, 0.15) is 28.5 Å². The highest BCUT2D eigenvalue weighted by Crippen LogP contribution is 2.66. The Bertz CT molecular complexity index is 1200. The maximum Gasteiger partial charge on any atom is 0.348 e. The number of aliphatic hydroxyl groups is 1. The lowest BCUT2D eigenvalue weighted by atomic mass is 9.42. The molecule has 4 aliphatic rings. The van der Waals surface area contributed by atoms with E-state index in [1.165, 1.54) is 18.3 Å². The van der Waals surface area contributed by atoms with Crippen LogP contribution < -0.4 is 0 Å². The van der Waals surface area contributed by atoms with Gasteiger partial charge in [-0.05, 0) is 43.0 Å². The van der Waals surface area contributed by atoms with E-state index in [1.54, 1.807) is 17.5 Å². The molecule has 2 bridgehead atoms. The Morgan fingerprint density at radius 2 is 1.87 bits per heavy atom. The second-order valence-electron chi connectivity index (χ2n) is 12.9. The molecule has 1 aromatic rings. The first kappa shape index (κ1) is 27.5. The molecule has 208 valence electrons. The van der Waals surface area contributed by atoms with Crippen LogP contribution in [0.25, 0.3) is 0 Å². The zero-order valence-corrected chi connectivity index (χ0v) is 24.4. The van der Waals surface area contributed by atoms with Crippen molar-refractivity contribution in [3.63, 3.8) is 0 Å². The molecule has 1 aliphatic heterocycles. The fourth-order valence-corrected chi connectivity index (χ4v) is 9.13. The van der Waals surface area contributed by atoms with Gasteiger partial charge in [0.2, 0.25) is 0 Å². The van der Waals surface area contributed by atoms with Crippen molar-refractivity contribution < 1.29 is 33.7 Å². The summed E-state index contributed by atoms with van der Waals surface area (Å²) in [6.07, 6.45) is -0.691. The molecule has 2 saturated carbocycles. The predicted octanol–water partition coefficient (Wildman–Crippen LogP) is 4.97. The predicted molar refractivity (Wildman–Crippen MR) is 143 cm³/mol. The van der Waals surface area contributed by atoms with E-state index in [0.29, 0.717) is 17.7 Å². The van der Waals surface area contributed by atoms with E-state index in [2.05, 4.69) is 6.92 Å². The summed E-state index contributed by atoms with van der Waals surface area (Å²) in [6.45, 7) is 15.3. The molecule has 1 N–H and O–H groups in total. The maximum absolute atomic E-state index is 14.7. The quantitative estimate of drug-likeness (QED) is 0.424. The Kier molecular flexibility index (Phi) is 6.33. The van der Waals surface area contributed by atoms with Crippen LogP contribution in [0.2, 0.25) is 0 Å². The number of Topliss-reactive ketones (excluding diaryl/α,β-unsaturated/α-hetero) is 1. The molecular formula is C30H40O7S. The van der Waals surface area contributed by atoms with Crippen molar-refractivity contribution in [1.82, 2.24) is 0 Å². The maximum atomic E-state index is 14.7. The lowest BCUT2D eigenvalue weighted by molar-refractivity contribution is -0.339. The molecule has 0 radical (unpaired) electrons. The van der Waals surface area contributed by atoms with E-state index in [0.717, 1.165) is 11.1 Å². The first-order chi connectivity index (χ1) is 17.6. The van der Waals surface area contributed by atoms with Crippen LogP contribution in [0.1, 0.15) is 77.9 Å². The van der Waals surface area contributed by atoms with Crippen LogP contribution in [0.5, 0.6) is 0 Å². The van der Waals surface area contributed by atoms with E-state index >= 15 is 0 Å². The first-order valence-corrected chi connectivity index (χ1v) is 14.5. The second kappa shape index (κ2) is 8.73. The molecule has 1 aromatic heterocycles. The third-order valence-electron chi connectivity index (χ3n) is 10.8. The standard InChI is InChI=1S/C30H40O7S/c1-15-13-30(34)25(36-26(33)20-10-9-11-38-20)23-28(8,24(32)18(4)22(17(15)3)27(30,6)7)16(2)12-21-29(23,14-35-21)37-19(5)31/h9-11,15-16,18,21,23,25,34H,12-14H2,1-8H3/t15-,16-,18+,21+,23-,25-,28+,29-,30+/m0/s1. The molecule has 5 rings (SSSR count). The van der Waals surface area contributed by atoms with Gasteiger partial charge < -0.3 is 19.3 Å². The van der Waals surface area contributed by atoms with Gasteiger partial charge in [0, 0.05) is 23.7 Å². The molecule has 2 heterocycles. The number of thiophene rings is 1. The topological polar surface area (TPSA) is 99.1 Å². The Balaban J connectivity index is 1.82. The second-order valence-corrected chi connectivity index (χ2v) is 13.8. The number of allylic oxidation sites excluding steroid dienone is 1. The summed E-state index contributed by atoms with van der Waals surface area (Å²) in [5.74, 6) is -2.46. The van der Waals surface area contributed by atoms with Crippen LogP contribution in [0.4, 0.5) is 0 Å². The largest absolute Gasteiger partial charge is 0.455 e. The summed E-state index contributed by atoms with van der Waals surface area (Å²) in [7, 11) is 0. The zero-order valence-electron chi connectivity index (χ0n) is 23.6. The van der Waals surface area contributed by atoms with Crippen molar-refractivity contribution in [2.45, 2.75) is 91.6 Å². The minimum absolute atomic E-state index is 0.0302. The minimum atomic E-state index is -1.53. The number of carbonyl (C=O) groups is 3. The normalized spacial score (nSPS) is 43.7. The molecule has 3 fully saturated rings. The summed E-state index contributed by atoms with van der Waals surface area (Å²) in [5, 5.41) is 14.7. The fraction of sp³-hybridized carbons (Fsp3) is 0.700. The van der Waals surface area contributed by atoms with Crippen molar-refractivity contribution in [3.8, 4) is 0 Å². The highest BCUT2D eigenvalue weighted by molar-refractivity contribution is 7.11. The number of rotatable bonds is 3. The van der Waals surface area contributed by atoms with Crippen LogP contribution in [-0.4, -0.2) is 52.8 Å². The smallest absolute Gasteiger partial charge is 0.348 e. The van der Waals surface area contributed by atoms with Crippen LogP contribution in [0.3, 0.4) is 0 Å². The van der Waals surface area contributed by atoms with Gasteiger partial charge in [-0.3, -0.25) is 9.59 Å².